The number of halogens is 3. The van der Waals surface area contributed by atoms with Crippen molar-refractivity contribution in [3.8, 4) is 11.3 Å². The van der Waals surface area contributed by atoms with Crippen LogP contribution >= 0.6 is 23.2 Å². The molecule has 0 bridgehead atoms. The van der Waals surface area contributed by atoms with Crippen LogP contribution in [-0.2, 0) is 5.54 Å². The minimum atomic E-state index is -1.13. The Kier molecular flexibility index (Phi) is 8.36. The number of aromatic carboxylic acids is 1. The van der Waals surface area contributed by atoms with Crippen molar-refractivity contribution in [3.05, 3.63) is 75.2 Å². The predicted molar refractivity (Wildman–Crippen MR) is 132 cm³/mol. The topological polar surface area (TPSA) is 92.6 Å². The second kappa shape index (κ2) is 10.9. The standard InChI is InChI=1S/C14H21FN2.C11H7Cl2NO3/c1-17(2)14(8-6-13(16)7-9-14)11-4-3-5-12(15)10-11;1-5-8(11(15)16)10(14-17-5)9-6(12)3-2-4-7(9)13/h3-5,10,13H,6-9,16H2,1-2H3;2-4H,1H3,(H,15,16). The van der Waals surface area contributed by atoms with Gasteiger partial charge in [-0.05, 0) is 76.5 Å². The molecule has 0 spiro atoms. The first-order valence-electron chi connectivity index (χ1n) is 10.9. The third kappa shape index (κ3) is 5.44. The van der Waals surface area contributed by atoms with Crippen LogP contribution in [0.4, 0.5) is 4.39 Å². The van der Waals surface area contributed by atoms with Crippen molar-refractivity contribution in [1.82, 2.24) is 10.1 Å². The molecule has 2 aromatic carbocycles. The van der Waals surface area contributed by atoms with Crippen molar-refractivity contribution in [3.63, 3.8) is 0 Å². The third-order valence-electron chi connectivity index (χ3n) is 6.35. The molecule has 1 saturated carbocycles. The molecule has 1 heterocycles. The number of carboxylic acid groups (broad SMARTS) is 1. The SMILES string of the molecule is CN(C)C1(c2cccc(F)c2)CCC(N)CC1.Cc1onc(-c2c(Cl)cccc2Cl)c1C(=O)O. The van der Waals surface area contributed by atoms with Crippen LogP contribution in [0.1, 0.15) is 47.4 Å². The van der Waals surface area contributed by atoms with Gasteiger partial charge in [0, 0.05) is 17.1 Å². The lowest BCUT2D eigenvalue weighted by molar-refractivity contribution is 0.0695. The number of nitrogens with zero attached hydrogens (tertiary/aromatic N) is 2. The zero-order chi connectivity index (χ0) is 25.0. The fraction of sp³-hybridized carbons (Fsp3) is 0.360. The van der Waals surface area contributed by atoms with Crippen LogP contribution in [0.2, 0.25) is 10.0 Å². The van der Waals surface area contributed by atoms with E-state index in [1.165, 1.54) is 13.0 Å². The van der Waals surface area contributed by atoms with Crippen LogP contribution in [-0.4, -0.2) is 41.3 Å². The molecule has 0 radical (unpaired) electrons. The summed E-state index contributed by atoms with van der Waals surface area (Å²) in [5, 5.41) is 13.5. The minimum absolute atomic E-state index is 0.0278. The van der Waals surface area contributed by atoms with Crippen molar-refractivity contribution >= 4 is 29.2 Å². The summed E-state index contributed by atoms with van der Waals surface area (Å²) in [5.74, 6) is -1.07. The van der Waals surface area contributed by atoms with Crippen molar-refractivity contribution < 1.29 is 18.8 Å². The van der Waals surface area contributed by atoms with Gasteiger partial charge in [0.25, 0.3) is 0 Å². The Bertz CT molecular complexity index is 1140. The highest BCUT2D eigenvalue weighted by molar-refractivity contribution is 6.39. The molecule has 1 fully saturated rings. The number of hydrogen-bond donors (Lipinski definition) is 2. The average Bonchev–Trinajstić information content (AvgIpc) is 3.16. The van der Waals surface area contributed by atoms with E-state index in [-0.39, 0.29) is 28.4 Å². The maximum atomic E-state index is 13.4. The van der Waals surface area contributed by atoms with E-state index in [1.54, 1.807) is 30.3 Å². The van der Waals surface area contributed by atoms with Crippen molar-refractivity contribution in [2.75, 3.05) is 14.1 Å². The summed E-state index contributed by atoms with van der Waals surface area (Å²) in [4.78, 5) is 13.3. The minimum Gasteiger partial charge on any atom is -0.477 e. The lowest BCUT2D eigenvalue weighted by Gasteiger charge is -2.45. The summed E-state index contributed by atoms with van der Waals surface area (Å²) in [6.07, 6.45) is 4.03. The van der Waals surface area contributed by atoms with Crippen LogP contribution in [0, 0.1) is 12.7 Å². The molecule has 182 valence electrons. The molecule has 1 aromatic heterocycles. The molecule has 34 heavy (non-hydrogen) atoms. The highest BCUT2D eigenvalue weighted by atomic mass is 35.5. The second-order valence-corrected chi connectivity index (χ2v) is 9.45. The summed E-state index contributed by atoms with van der Waals surface area (Å²) in [5.41, 5.74) is 7.49. The number of hydrogen-bond acceptors (Lipinski definition) is 5. The Morgan fingerprint density at radius 2 is 1.76 bits per heavy atom. The van der Waals surface area contributed by atoms with E-state index in [9.17, 15) is 9.18 Å². The Morgan fingerprint density at radius 3 is 2.29 bits per heavy atom. The molecule has 3 N–H and O–H groups in total. The summed E-state index contributed by atoms with van der Waals surface area (Å²) >= 11 is 12.0. The smallest absolute Gasteiger partial charge is 0.341 e. The van der Waals surface area contributed by atoms with Gasteiger partial charge in [0.1, 0.15) is 22.8 Å². The number of carboxylic acids is 1. The van der Waals surface area contributed by atoms with Gasteiger partial charge in [0.05, 0.1) is 10.0 Å². The van der Waals surface area contributed by atoms with Gasteiger partial charge in [0.15, 0.2) is 0 Å². The van der Waals surface area contributed by atoms with E-state index in [0.717, 1.165) is 31.2 Å². The van der Waals surface area contributed by atoms with Gasteiger partial charge >= 0.3 is 5.97 Å². The highest BCUT2D eigenvalue weighted by Gasteiger charge is 2.38. The van der Waals surface area contributed by atoms with E-state index in [1.807, 2.05) is 6.07 Å². The number of aromatic nitrogens is 1. The first-order valence-corrected chi connectivity index (χ1v) is 11.7. The summed E-state index contributed by atoms with van der Waals surface area (Å²) in [7, 11) is 4.14. The van der Waals surface area contributed by atoms with Gasteiger partial charge in [0.2, 0.25) is 0 Å². The molecular formula is C25H28Cl2FN3O3. The van der Waals surface area contributed by atoms with Crippen LogP contribution in [0.15, 0.2) is 47.0 Å². The Balaban J connectivity index is 0.000000191. The molecular weight excluding hydrogens is 480 g/mol. The van der Waals surface area contributed by atoms with Gasteiger partial charge in [-0.1, -0.05) is 46.6 Å². The first kappa shape index (κ1) is 26.2. The van der Waals surface area contributed by atoms with Crippen LogP contribution < -0.4 is 5.73 Å². The maximum absolute atomic E-state index is 13.4. The fourth-order valence-electron chi connectivity index (χ4n) is 4.41. The largest absolute Gasteiger partial charge is 0.477 e. The van der Waals surface area contributed by atoms with E-state index < -0.39 is 5.97 Å². The highest BCUT2D eigenvalue weighted by Crippen LogP contribution is 2.41. The number of nitrogens with two attached hydrogens (primary N) is 1. The van der Waals surface area contributed by atoms with Gasteiger partial charge in [-0.15, -0.1) is 0 Å². The van der Waals surface area contributed by atoms with Gasteiger partial charge in [-0.2, -0.15) is 0 Å². The quantitative estimate of drug-likeness (QED) is 0.440. The van der Waals surface area contributed by atoms with Crippen molar-refractivity contribution in [2.24, 2.45) is 5.73 Å². The first-order chi connectivity index (χ1) is 16.1. The molecule has 0 saturated heterocycles. The monoisotopic (exact) mass is 507 g/mol. The molecule has 3 aromatic rings. The van der Waals surface area contributed by atoms with E-state index in [0.29, 0.717) is 21.7 Å². The Hall–Kier alpha value is -2.45. The summed E-state index contributed by atoms with van der Waals surface area (Å²) < 4.78 is 18.3. The molecule has 4 rings (SSSR count). The molecule has 0 aliphatic heterocycles. The maximum Gasteiger partial charge on any atom is 0.341 e. The number of carbonyl (C=O) groups is 1. The molecule has 1 aliphatic carbocycles. The van der Waals surface area contributed by atoms with Crippen LogP contribution in [0.3, 0.4) is 0 Å². The zero-order valence-electron chi connectivity index (χ0n) is 19.3. The molecule has 0 unspecified atom stereocenters. The number of rotatable bonds is 4. The zero-order valence-corrected chi connectivity index (χ0v) is 20.8. The van der Waals surface area contributed by atoms with E-state index >= 15 is 0 Å². The van der Waals surface area contributed by atoms with E-state index in [2.05, 4.69) is 24.2 Å². The second-order valence-electron chi connectivity index (χ2n) is 8.64. The fourth-order valence-corrected chi connectivity index (χ4v) is 4.98. The normalized spacial score (nSPS) is 20.1. The molecule has 6 nitrogen and oxygen atoms in total. The molecule has 0 amide bonds. The Morgan fingerprint density at radius 1 is 1.18 bits per heavy atom. The number of aryl methyl sites for hydroxylation is 1. The third-order valence-corrected chi connectivity index (χ3v) is 6.98. The van der Waals surface area contributed by atoms with Gasteiger partial charge < -0.3 is 15.4 Å². The molecule has 9 heteroatoms. The summed E-state index contributed by atoms with van der Waals surface area (Å²) in [6.45, 7) is 1.52. The van der Waals surface area contributed by atoms with Gasteiger partial charge in [-0.3, -0.25) is 4.90 Å². The van der Waals surface area contributed by atoms with Crippen molar-refractivity contribution in [2.45, 2.75) is 44.2 Å². The average molecular weight is 508 g/mol. The lowest BCUT2D eigenvalue weighted by atomic mass is 9.74. The number of benzene rings is 2. The predicted octanol–water partition coefficient (Wildman–Crippen LogP) is 6.14. The molecule has 0 atom stereocenters. The van der Waals surface area contributed by atoms with Gasteiger partial charge in [-0.25, -0.2) is 9.18 Å². The lowest BCUT2D eigenvalue weighted by Crippen LogP contribution is -2.46. The summed E-state index contributed by atoms with van der Waals surface area (Å²) in [6, 6.07) is 12.2. The Labute approximate surface area is 208 Å². The van der Waals surface area contributed by atoms with Crippen LogP contribution in [0.5, 0.6) is 0 Å². The van der Waals surface area contributed by atoms with Crippen LogP contribution in [0.25, 0.3) is 11.3 Å². The van der Waals surface area contributed by atoms with E-state index in [4.69, 9.17) is 38.6 Å². The molecule has 1 aliphatic rings. The van der Waals surface area contributed by atoms with Crippen molar-refractivity contribution in [1.29, 1.82) is 0 Å².